The van der Waals surface area contributed by atoms with Crippen LogP contribution in [-0.2, 0) is 4.74 Å². The lowest BCUT2D eigenvalue weighted by Crippen LogP contribution is -2.55. The van der Waals surface area contributed by atoms with Crippen LogP contribution >= 0.6 is 0 Å². The van der Waals surface area contributed by atoms with Gasteiger partial charge >= 0.3 is 6.09 Å². The summed E-state index contributed by atoms with van der Waals surface area (Å²) >= 11 is 0. The number of carbonyl (C=O) groups excluding carboxylic acids is 1. The Hall–Kier alpha value is -0.810. The summed E-state index contributed by atoms with van der Waals surface area (Å²) in [4.78, 5) is 18.9. The van der Waals surface area contributed by atoms with Gasteiger partial charge in [0.25, 0.3) is 0 Å². The first-order valence-electron chi connectivity index (χ1n) is 7.68. The van der Waals surface area contributed by atoms with E-state index in [2.05, 4.69) is 23.8 Å². The SMILES string of the molecule is C[C@H]1CN(C)CCN1[C@H]1CCN(C(=O)OC(C)(C)C)C1. The molecule has 2 aliphatic rings. The van der Waals surface area contributed by atoms with Crippen molar-refractivity contribution in [1.29, 1.82) is 0 Å². The van der Waals surface area contributed by atoms with Crippen molar-refractivity contribution in [3.05, 3.63) is 0 Å². The summed E-state index contributed by atoms with van der Waals surface area (Å²) in [5.74, 6) is 0. The fourth-order valence-corrected chi connectivity index (χ4v) is 3.20. The van der Waals surface area contributed by atoms with Gasteiger partial charge < -0.3 is 14.5 Å². The number of likely N-dealkylation sites (tertiary alicyclic amines) is 1. The Kier molecular flexibility index (Phi) is 4.59. The second-order valence-corrected chi connectivity index (χ2v) is 7.22. The summed E-state index contributed by atoms with van der Waals surface area (Å²) in [6, 6.07) is 1.06. The van der Waals surface area contributed by atoms with Crippen molar-refractivity contribution < 1.29 is 9.53 Å². The normalized spacial score (nSPS) is 29.8. The summed E-state index contributed by atoms with van der Waals surface area (Å²) in [6.45, 7) is 13.0. The van der Waals surface area contributed by atoms with E-state index < -0.39 is 5.60 Å². The van der Waals surface area contributed by atoms with Gasteiger partial charge in [-0.3, -0.25) is 4.90 Å². The van der Waals surface area contributed by atoms with Gasteiger partial charge in [-0.05, 0) is 41.2 Å². The zero-order chi connectivity index (χ0) is 14.9. The topological polar surface area (TPSA) is 36.0 Å². The summed E-state index contributed by atoms with van der Waals surface area (Å²) in [5.41, 5.74) is -0.406. The molecule has 0 unspecified atom stereocenters. The van der Waals surface area contributed by atoms with Gasteiger partial charge in [0.05, 0.1) is 0 Å². The predicted octanol–water partition coefficient (Wildman–Crippen LogP) is 1.63. The molecule has 0 bridgehead atoms. The second-order valence-electron chi connectivity index (χ2n) is 7.22. The first-order chi connectivity index (χ1) is 9.26. The number of amides is 1. The third-order valence-electron chi connectivity index (χ3n) is 4.17. The van der Waals surface area contributed by atoms with Crippen molar-refractivity contribution in [3.8, 4) is 0 Å². The molecule has 2 fully saturated rings. The van der Waals surface area contributed by atoms with Crippen LogP contribution in [-0.4, -0.2) is 78.2 Å². The molecule has 20 heavy (non-hydrogen) atoms. The monoisotopic (exact) mass is 283 g/mol. The highest BCUT2D eigenvalue weighted by atomic mass is 16.6. The van der Waals surface area contributed by atoms with Gasteiger partial charge in [-0.2, -0.15) is 0 Å². The highest BCUT2D eigenvalue weighted by Gasteiger charge is 2.35. The molecule has 2 heterocycles. The van der Waals surface area contributed by atoms with E-state index in [-0.39, 0.29) is 6.09 Å². The molecule has 0 saturated carbocycles. The summed E-state index contributed by atoms with van der Waals surface area (Å²) in [6.07, 6.45) is 0.898. The van der Waals surface area contributed by atoms with E-state index in [1.807, 2.05) is 25.7 Å². The van der Waals surface area contributed by atoms with E-state index in [4.69, 9.17) is 4.74 Å². The van der Waals surface area contributed by atoms with Crippen LogP contribution in [0.5, 0.6) is 0 Å². The van der Waals surface area contributed by atoms with E-state index >= 15 is 0 Å². The van der Waals surface area contributed by atoms with Crippen molar-refractivity contribution in [3.63, 3.8) is 0 Å². The zero-order valence-electron chi connectivity index (χ0n) is 13.6. The minimum Gasteiger partial charge on any atom is -0.444 e. The average Bonchev–Trinajstić information content (AvgIpc) is 2.75. The Morgan fingerprint density at radius 3 is 2.45 bits per heavy atom. The molecule has 0 spiro atoms. The van der Waals surface area contributed by atoms with Gasteiger partial charge in [0.15, 0.2) is 0 Å². The van der Waals surface area contributed by atoms with Crippen LogP contribution in [0.25, 0.3) is 0 Å². The lowest BCUT2D eigenvalue weighted by molar-refractivity contribution is 0.0247. The smallest absolute Gasteiger partial charge is 0.410 e. The first-order valence-corrected chi connectivity index (χ1v) is 7.68. The molecule has 5 heteroatoms. The molecule has 2 aliphatic heterocycles. The summed E-state index contributed by atoms with van der Waals surface area (Å²) < 4.78 is 5.46. The minimum absolute atomic E-state index is 0.165. The maximum atomic E-state index is 12.1. The van der Waals surface area contributed by atoms with Crippen LogP contribution in [0.15, 0.2) is 0 Å². The van der Waals surface area contributed by atoms with Crippen LogP contribution in [0, 0.1) is 0 Å². The fraction of sp³-hybridized carbons (Fsp3) is 0.933. The molecule has 1 amide bonds. The average molecular weight is 283 g/mol. The highest BCUT2D eigenvalue weighted by Crippen LogP contribution is 2.22. The molecule has 0 aromatic rings. The molecule has 0 aliphatic carbocycles. The van der Waals surface area contributed by atoms with Crippen LogP contribution in [0.3, 0.4) is 0 Å². The van der Waals surface area contributed by atoms with E-state index in [9.17, 15) is 4.79 Å². The van der Waals surface area contributed by atoms with Gasteiger partial charge in [0.1, 0.15) is 5.60 Å². The lowest BCUT2D eigenvalue weighted by atomic mass is 10.1. The van der Waals surface area contributed by atoms with Gasteiger partial charge in [-0.25, -0.2) is 4.79 Å². The van der Waals surface area contributed by atoms with Crippen molar-refractivity contribution in [2.45, 2.75) is 51.8 Å². The van der Waals surface area contributed by atoms with Crippen molar-refractivity contribution in [2.24, 2.45) is 0 Å². The minimum atomic E-state index is -0.406. The van der Waals surface area contributed by atoms with E-state index in [1.54, 1.807) is 0 Å². The molecular weight excluding hydrogens is 254 g/mol. The van der Waals surface area contributed by atoms with Crippen LogP contribution in [0.2, 0.25) is 0 Å². The van der Waals surface area contributed by atoms with E-state index in [0.717, 1.165) is 39.1 Å². The number of hydrogen-bond donors (Lipinski definition) is 0. The van der Waals surface area contributed by atoms with Gasteiger partial charge in [-0.1, -0.05) is 0 Å². The van der Waals surface area contributed by atoms with Crippen LogP contribution in [0.4, 0.5) is 4.79 Å². The Morgan fingerprint density at radius 1 is 1.15 bits per heavy atom. The Labute approximate surface area is 122 Å². The van der Waals surface area contributed by atoms with Crippen molar-refractivity contribution in [2.75, 3.05) is 39.8 Å². The van der Waals surface area contributed by atoms with Gasteiger partial charge in [0, 0.05) is 44.8 Å². The quantitative estimate of drug-likeness (QED) is 0.733. The molecule has 0 aromatic heterocycles. The maximum Gasteiger partial charge on any atom is 0.410 e. The molecule has 2 atom stereocenters. The Morgan fingerprint density at radius 2 is 1.85 bits per heavy atom. The third-order valence-corrected chi connectivity index (χ3v) is 4.17. The van der Waals surface area contributed by atoms with E-state index in [0.29, 0.717) is 12.1 Å². The number of rotatable bonds is 1. The third kappa shape index (κ3) is 3.85. The van der Waals surface area contributed by atoms with Crippen molar-refractivity contribution in [1.82, 2.24) is 14.7 Å². The lowest BCUT2D eigenvalue weighted by Gasteiger charge is -2.41. The fourth-order valence-electron chi connectivity index (χ4n) is 3.20. The molecule has 5 nitrogen and oxygen atoms in total. The van der Waals surface area contributed by atoms with Crippen LogP contribution < -0.4 is 0 Å². The highest BCUT2D eigenvalue weighted by molar-refractivity contribution is 5.68. The summed E-state index contributed by atoms with van der Waals surface area (Å²) in [5, 5.41) is 0. The van der Waals surface area contributed by atoms with Crippen LogP contribution in [0.1, 0.15) is 34.1 Å². The molecule has 0 N–H and O–H groups in total. The molecular formula is C15H29N3O2. The number of hydrogen-bond acceptors (Lipinski definition) is 4. The van der Waals surface area contributed by atoms with Gasteiger partial charge in [-0.15, -0.1) is 0 Å². The van der Waals surface area contributed by atoms with Crippen molar-refractivity contribution >= 4 is 6.09 Å². The number of likely N-dealkylation sites (N-methyl/N-ethyl adjacent to an activating group) is 1. The molecule has 2 rings (SSSR count). The zero-order valence-corrected chi connectivity index (χ0v) is 13.6. The predicted molar refractivity (Wildman–Crippen MR) is 79.9 cm³/mol. The Balaban J connectivity index is 1.87. The molecule has 0 radical (unpaired) electrons. The maximum absolute atomic E-state index is 12.1. The second kappa shape index (κ2) is 5.90. The number of carbonyl (C=O) groups is 1. The van der Waals surface area contributed by atoms with Gasteiger partial charge in [0.2, 0.25) is 0 Å². The molecule has 116 valence electrons. The largest absolute Gasteiger partial charge is 0.444 e. The summed E-state index contributed by atoms with van der Waals surface area (Å²) in [7, 11) is 2.18. The molecule has 0 aromatic carbocycles. The Bertz CT molecular complexity index is 354. The number of piperazine rings is 1. The number of ether oxygens (including phenoxy) is 1. The van der Waals surface area contributed by atoms with E-state index in [1.165, 1.54) is 0 Å². The number of nitrogens with zero attached hydrogens (tertiary/aromatic N) is 3. The standard InChI is InChI=1S/C15H29N3O2/c1-12-10-16(5)8-9-18(12)13-6-7-17(11-13)14(19)20-15(2,3)4/h12-13H,6-11H2,1-5H3/t12-,13-/m0/s1. The molecule has 2 saturated heterocycles. The first kappa shape index (κ1) is 15.6.